The molecular weight excluding hydrogens is 471 g/mol. The first kappa shape index (κ1) is 26.7. The molecule has 2 aromatic carbocycles. The molecule has 0 bridgehead atoms. The van der Waals surface area contributed by atoms with E-state index in [0.717, 1.165) is 41.5 Å². The number of benzene rings is 2. The molecule has 37 heavy (non-hydrogen) atoms. The Morgan fingerprint density at radius 2 is 1.78 bits per heavy atom. The third-order valence-corrected chi connectivity index (χ3v) is 7.00. The predicted octanol–water partition coefficient (Wildman–Crippen LogP) is 6.50. The summed E-state index contributed by atoms with van der Waals surface area (Å²) in [6, 6.07) is 12.8. The Labute approximate surface area is 218 Å². The van der Waals surface area contributed by atoms with E-state index in [1.54, 1.807) is 24.0 Å². The number of fused-ring (bicyclic) bond motifs is 1. The van der Waals surface area contributed by atoms with E-state index in [2.05, 4.69) is 23.6 Å². The van der Waals surface area contributed by atoms with E-state index in [4.69, 9.17) is 9.47 Å². The standard InChI is InChI=1S/C30H37FN2O4/c1-6-36-28(34)23-12-11-22(26(31)18-23)17-25-20(2)33(27-10-8-7-9-24(25)27)19-21-13-15-32(16-14-21)29(35)37-30(3,4)5/h7-12,18,21H,6,13-17,19H2,1-5H3. The van der Waals surface area contributed by atoms with Gasteiger partial charge in [0.2, 0.25) is 0 Å². The first-order valence-corrected chi connectivity index (χ1v) is 13.1. The Balaban J connectivity index is 1.52. The van der Waals surface area contributed by atoms with Gasteiger partial charge in [0.05, 0.1) is 12.2 Å². The van der Waals surface area contributed by atoms with Crippen LogP contribution >= 0.6 is 0 Å². The zero-order valence-corrected chi connectivity index (χ0v) is 22.5. The summed E-state index contributed by atoms with van der Waals surface area (Å²) >= 11 is 0. The van der Waals surface area contributed by atoms with E-state index in [1.807, 2.05) is 32.9 Å². The molecule has 0 atom stereocenters. The van der Waals surface area contributed by atoms with Crippen molar-refractivity contribution in [1.29, 1.82) is 0 Å². The number of piperidine rings is 1. The van der Waals surface area contributed by atoms with Crippen LogP contribution in [0.25, 0.3) is 10.9 Å². The van der Waals surface area contributed by atoms with Crippen molar-refractivity contribution in [2.45, 2.75) is 66.0 Å². The van der Waals surface area contributed by atoms with Crippen LogP contribution in [-0.4, -0.2) is 46.8 Å². The number of carbonyl (C=O) groups excluding carboxylic acids is 2. The van der Waals surface area contributed by atoms with Gasteiger partial charge in [-0.2, -0.15) is 0 Å². The molecule has 1 saturated heterocycles. The molecular formula is C30H37FN2O4. The minimum absolute atomic E-state index is 0.222. The first-order chi connectivity index (χ1) is 17.6. The second-order valence-electron chi connectivity index (χ2n) is 10.8. The van der Waals surface area contributed by atoms with Crippen molar-refractivity contribution in [2.24, 2.45) is 5.92 Å². The molecule has 1 amide bonds. The molecule has 1 aliphatic heterocycles. The van der Waals surface area contributed by atoms with Crippen molar-refractivity contribution < 1.29 is 23.5 Å². The highest BCUT2D eigenvalue weighted by molar-refractivity contribution is 5.89. The van der Waals surface area contributed by atoms with Crippen LogP contribution in [0.4, 0.5) is 9.18 Å². The van der Waals surface area contributed by atoms with Gasteiger partial charge in [0.25, 0.3) is 0 Å². The quantitative estimate of drug-likeness (QED) is 0.357. The summed E-state index contributed by atoms with van der Waals surface area (Å²) in [4.78, 5) is 26.2. The molecule has 7 heteroatoms. The summed E-state index contributed by atoms with van der Waals surface area (Å²) in [7, 11) is 0. The third-order valence-electron chi connectivity index (χ3n) is 7.00. The zero-order chi connectivity index (χ0) is 26.7. The molecule has 6 nitrogen and oxygen atoms in total. The average Bonchev–Trinajstić information content (AvgIpc) is 3.10. The molecule has 0 saturated carbocycles. The van der Waals surface area contributed by atoms with E-state index in [1.165, 1.54) is 6.07 Å². The number of esters is 1. The SMILES string of the molecule is CCOC(=O)c1ccc(Cc2c(C)n(CC3CCN(C(=O)OC(C)(C)C)CC3)c3ccccc23)c(F)c1. The Kier molecular flexibility index (Phi) is 7.90. The number of likely N-dealkylation sites (tertiary alicyclic amines) is 1. The van der Waals surface area contributed by atoms with Crippen LogP contribution in [0, 0.1) is 18.7 Å². The Morgan fingerprint density at radius 1 is 1.08 bits per heavy atom. The van der Waals surface area contributed by atoms with E-state index in [0.29, 0.717) is 31.0 Å². The molecule has 1 aliphatic rings. The summed E-state index contributed by atoms with van der Waals surface area (Å²) < 4.78 is 27.9. The maximum Gasteiger partial charge on any atom is 0.410 e. The molecule has 3 aromatic rings. The number of rotatable bonds is 6. The van der Waals surface area contributed by atoms with Crippen molar-refractivity contribution in [1.82, 2.24) is 9.47 Å². The Hall–Kier alpha value is -3.35. The third kappa shape index (κ3) is 6.14. The van der Waals surface area contributed by atoms with Gasteiger partial charge in [-0.3, -0.25) is 0 Å². The largest absolute Gasteiger partial charge is 0.462 e. The van der Waals surface area contributed by atoms with E-state index < -0.39 is 17.4 Å². The number of para-hydroxylation sites is 1. The van der Waals surface area contributed by atoms with Gasteiger partial charge in [-0.15, -0.1) is 0 Å². The van der Waals surface area contributed by atoms with Gasteiger partial charge in [-0.1, -0.05) is 24.3 Å². The van der Waals surface area contributed by atoms with Crippen molar-refractivity contribution in [2.75, 3.05) is 19.7 Å². The summed E-state index contributed by atoms with van der Waals surface area (Å²) in [6.07, 6.45) is 2.01. The Bertz CT molecular complexity index is 1280. The van der Waals surface area contributed by atoms with Gasteiger partial charge in [-0.25, -0.2) is 14.0 Å². The lowest BCUT2D eigenvalue weighted by Gasteiger charge is -2.33. The number of halogens is 1. The molecule has 2 heterocycles. The maximum atomic E-state index is 15.0. The van der Waals surface area contributed by atoms with Crippen molar-refractivity contribution >= 4 is 23.0 Å². The van der Waals surface area contributed by atoms with Crippen LogP contribution in [0.5, 0.6) is 0 Å². The maximum absolute atomic E-state index is 15.0. The number of carbonyl (C=O) groups is 2. The fraction of sp³-hybridized carbons (Fsp3) is 0.467. The molecule has 1 fully saturated rings. The highest BCUT2D eigenvalue weighted by atomic mass is 19.1. The lowest BCUT2D eigenvalue weighted by atomic mass is 9.96. The number of aromatic nitrogens is 1. The van der Waals surface area contributed by atoms with Gasteiger partial charge >= 0.3 is 12.1 Å². The summed E-state index contributed by atoms with van der Waals surface area (Å²) in [6.45, 7) is 11.9. The van der Waals surface area contributed by atoms with Crippen LogP contribution in [0.15, 0.2) is 42.5 Å². The summed E-state index contributed by atoms with van der Waals surface area (Å²) in [5.41, 5.74) is 3.61. The number of hydrogen-bond donors (Lipinski definition) is 0. The van der Waals surface area contributed by atoms with Crippen LogP contribution < -0.4 is 0 Å². The number of ether oxygens (including phenoxy) is 2. The van der Waals surface area contributed by atoms with Crippen molar-refractivity contribution in [3.63, 3.8) is 0 Å². The van der Waals surface area contributed by atoms with Gasteiger partial charge < -0.3 is 18.9 Å². The number of hydrogen-bond acceptors (Lipinski definition) is 4. The molecule has 0 aliphatic carbocycles. The topological polar surface area (TPSA) is 60.8 Å². The smallest absolute Gasteiger partial charge is 0.410 e. The van der Waals surface area contributed by atoms with Crippen LogP contribution in [0.3, 0.4) is 0 Å². The fourth-order valence-electron chi connectivity index (χ4n) is 5.07. The van der Waals surface area contributed by atoms with Crippen LogP contribution in [0.2, 0.25) is 0 Å². The Morgan fingerprint density at radius 3 is 2.43 bits per heavy atom. The molecule has 0 unspecified atom stereocenters. The molecule has 0 radical (unpaired) electrons. The molecule has 4 rings (SSSR count). The average molecular weight is 509 g/mol. The second kappa shape index (κ2) is 11.0. The van der Waals surface area contributed by atoms with Gasteiger partial charge in [0.15, 0.2) is 0 Å². The van der Waals surface area contributed by atoms with Crippen molar-refractivity contribution in [3.8, 4) is 0 Å². The van der Waals surface area contributed by atoms with Crippen LogP contribution in [-0.2, 0) is 22.4 Å². The summed E-state index contributed by atoms with van der Waals surface area (Å²) in [5.74, 6) is -0.489. The normalized spacial score (nSPS) is 14.7. The second-order valence-corrected chi connectivity index (χ2v) is 10.8. The molecule has 198 valence electrons. The monoisotopic (exact) mass is 508 g/mol. The minimum Gasteiger partial charge on any atom is -0.462 e. The van der Waals surface area contributed by atoms with Gasteiger partial charge in [-0.05, 0) is 82.7 Å². The van der Waals surface area contributed by atoms with Crippen molar-refractivity contribution in [3.05, 3.63) is 70.7 Å². The summed E-state index contributed by atoms with van der Waals surface area (Å²) in [5, 5.41) is 1.11. The highest BCUT2D eigenvalue weighted by Crippen LogP contribution is 2.31. The number of nitrogens with zero attached hydrogens (tertiary/aromatic N) is 2. The highest BCUT2D eigenvalue weighted by Gasteiger charge is 2.28. The fourth-order valence-corrected chi connectivity index (χ4v) is 5.07. The van der Waals surface area contributed by atoms with Crippen LogP contribution in [0.1, 0.15) is 67.7 Å². The van der Waals surface area contributed by atoms with Gasteiger partial charge in [0, 0.05) is 42.7 Å². The predicted molar refractivity (Wildman–Crippen MR) is 142 cm³/mol. The minimum atomic E-state index is -0.515. The van der Waals surface area contributed by atoms with Gasteiger partial charge in [0.1, 0.15) is 11.4 Å². The van der Waals surface area contributed by atoms with E-state index in [9.17, 15) is 14.0 Å². The molecule has 1 aromatic heterocycles. The molecule has 0 N–H and O–H groups in total. The molecule has 0 spiro atoms. The number of amides is 1. The lowest BCUT2D eigenvalue weighted by Crippen LogP contribution is -2.42. The lowest BCUT2D eigenvalue weighted by molar-refractivity contribution is 0.0178. The first-order valence-electron chi connectivity index (χ1n) is 13.1. The van der Waals surface area contributed by atoms with E-state index in [-0.39, 0.29) is 18.3 Å². The van der Waals surface area contributed by atoms with E-state index >= 15 is 0 Å². The zero-order valence-electron chi connectivity index (χ0n) is 22.5.